The highest BCUT2D eigenvalue weighted by Gasteiger charge is 2.18. The van der Waals surface area contributed by atoms with Gasteiger partial charge in [0, 0.05) is 26.2 Å². The maximum Gasteiger partial charge on any atom is 0.317 e. The van der Waals surface area contributed by atoms with Crippen LogP contribution in [0.15, 0.2) is 0 Å². The van der Waals surface area contributed by atoms with Crippen molar-refractivity contribution in [2.75, 3.05) is 34.2 Å². The lowest BCUT2D eigenvalue weighted by Gasteiger charge is -2.27. The molecule has 0 spiro atoms. The number of carbonyl (C=O) groups excluding carboxylic acids is 1. The lowest BCUT2D eigenvalue weighted by molar-refractivity contribution is 0.140. The molecule has 0 aliphatic carbocycles. The van der Waals surface area contributed by atoms with Gasteiger partial charge in [-0.15, -0.1) is 0 Å². The van der Waals surface area contributed by atoms with Crippen molar-refractivity contribution in [2.45, 2.75) is 39.3 Å². The van der Waals surface area contributed by atoms with Crippen LogP contribution in [0.5, 0.6) is 0 Å². The second-order valence-electron chi connectivity index (χ2n) is 5.77. The van der Waals surface area contributed by atoms with E-state index in [-0.39, 0.29) is 12.1 Å². The molecule has 18 heavy (non-hydrogen) atoms. The molecule has 5 nitrogen and oxygen atoms in total. The van der Waals surface area contributed by atoms with Gasteiger partial charge in [0.15, 0.2) is 0 Å². The third-order valence-corrected chi connectivity index (χ3v) is 2.55. The van der Waals surface area contributed by atoms with Crippen molar-refractivity contribution in [1.82, 2.24) is 15.1 Å². The van der Waals surface area contributed by atoms with Crippen molar-refractivity contribution in [3.63, 3.8) is 0 Å². The Balaban J connectivity index is 4.33. The highest BCUT2D eigenvalue weighted by Crippen LogP contribution is 2.06. The van der Waals surface area contributed by atoms with E-state index in [1.807, 2.05) is 14.1 Å². The number of hydrogen-bond acceptors (Lipinski definition) is 3. The van der Waals surface area contributed by atoms with E-state index in [2.05, 4.69) is 24.1 Å². The number of amides is 2. The molecule has 0 saturated heterocycles. The first-order valence-corrected chi connectivity index (χ1v) is 6.56. The van der Waals surface area contributed by atoms with E-state index in [4.69, 9.17) is 0 Å². The summed E-state index contributed by atoms with van der Waals surface area (Å²) >= 11 is 0. The van der Waals surface area contributed by atoms with Crippen molar-refractivity contribution in [3.8, 4) is 0 Å². The summed E-state index contributed by atoms with van der Waals surface area (Å²) in [6, 6.07) is 0.0207. The second kappa shape index (κ2) is 8.32. The molecular formula is C13H29N3O2. The molecule has 0 bridgehead atoms. The van der Waals surface area contributed by atoms with Gasteiger partial charge in [0.2, 0.25) is 0 Å². The number of urea groups is 1. The third kappa shape index (κ3) is 8.31. The molecule has 0 aliphatic rings. The molecule has 2 N–H and O–H groups in total. The molecular weight excluding hydrogens is 230 g/mol. The van der Waals surface area contributed by atoms with E-state index in [1.54, 1.807) is 14.0 Å². The number of likely N-dealkylation sites (N-methyl/N-ethyl adjacent to an activating group) is 2. The van der Waals surface area contributed by atoms with Gasteiger partial charge < -0.3 is 20.2 Å². The molecule has 108 valence electrons. The zero-order valence-corrected chi connectivity index (χ0v) is 12.6. The Hall–Kier alpha value is -0.810. The molecule has 0 aromatic heterocycles. The van der Waals surface area contributed by atoms with Gasteiger partial charge in [-0.25, -0.2) is 4.79 Å². The molecule has 0 aromatic carbocycles. The van der Waals surface area contributed by atoms with Crippen molar-refractivity contribution in [2.24, 2.45) is 5.92 Å². The maximum absolute atomic E-state index is 11.9. The van der Waals surface area contributed by atoms with Crippen LogP contribution < -0.4 is 5.32 Å². The fraction of sp³-hybridized carbons (Fsp3) is 0.923. The lowest BCUT2D eigenvalue weighted by Crippen LogP contribution is -2.48. The highest BCUT2D eigenvalue weighted by molar-refractivity contribution is 5.74. The topological polar surface area (TPSA) is 55.8 Å². The Morgan fingerprint density at radius 2 is 1.72 bits per heavy atom. The molecule has 0 heterocycles. The van der Waals surface area contributed by atoms with Gasteiger partial charge in [-0.05, 0) is 33.4 Å². The van der Waals surface area contributed by atoms with Gasteiger partial charge >= 0.3 is 6.03 Å². The van der Waals surface area contributed by atoms with Crippen LogP contribution in [0.1, 0.15) is 27.2 Å². The molecule has 0 aliphatic heterocycles. The Labute approximate surface area is 111 Å². The number of nitrogens with zero attached hydrogens (tertiary/aromatic N) is 2. The van der Waals surface area contributed by atoms with Crippen LogP contribution in [-0.4, -0.2) is 67.3 Å². The average Bonchev–Trinajstić information content (AvgIpc) is 2.13. The number of aliphatic hydroxyl groups excluding tert-OH is 1. The maximum atomic E-state index is 11.9. The Kier molecular flexibility index (Phi) is 7.95. The SMILES string of the molecule is CC(C)CC(CN(C)C)NC(=O)N(C)CC(C)O. The first kappa shape index (κ1) is 17.2. The smallest absolute Gasteiger partial charge is 0.317 e. The standard InChI is InChI=1S/C13H29N3O2/c1-10(2)7-12(9-15(4)5)14-13(18)16(6)8-11(3)17/h10-12,17H,7-9H2,1-6H3,(H,14,18). The highest BCUT2D eigenvalue weighted by atomic mass is 16.3. The Morgan fingerprint density at radius 1 is 1.17 bits per heavy atom. The zero-order chi connectivity index (χ0) is 14.3. The van der Waals surface area contributed by atoms with E-state index in [9.17, 15) is 9.90 Å². The van der Waals surface area contributed by atoms with Crippen LogP contribution in [0.25, 0.3) is 0 Å². The molecule has 5 heteroatoms. The number of carbonyl (C=O) groups is 1. The summed E-state index contributed by atoms with van der Waals surface area (Å²) in [7, 11) is 5.70. The van der Waals surface area contributed by atoms with Crippen LogP contribution >= 0.6 is 0 Å². The van der Waals surface area contributed by atoms with E-state index < -0.39 is 6.10 Å². The molecule has 2 unspecified atom stereocenters. The van der Waals surface area contributed by atoms with Crippen molar-refractivity contribution in [1.29, 1.82) is 0 Å². The van der Waals surface area contributed by atoms with Crippen LogP contribution in [0, 0.1) is 5.92 Å². The summed E-state index contributed by atoms with van der Waals surface area (Å²) in [6.07, 6.45) is 0.449. The summed E-state index contributed by atoms with van der Waals surface area (Å²) in [4.78, 5) is 15.5. The number of nitrogens with one attached hydrogen (secondary N) is 1. The van der Waals surface area contributed by atoms with E-state index in [0.717, 1.165) is 13.0 Å². The molecule has 0 radical (unpaired) electrons. The Morgan fingerprint density at radius 3 is 2.11 bits per heavy atom. The predicted molar refractivity (Wildman–Crippen MR) is 74.6 cm³/mol. The van der Waals surface area contributed by atoms with Crippen LogP contribution in [0.3, 0.4) is 0 Å². The molecule has 2 atom stereocenters. The fourth-order valence-corrected chi connectivity index (χ4v) is 1.95. The second-order valence-corrected chi connectivity index (χ2v) is 5.77. The van der Waals surface area contributed by atoms with E-state index in [1.165, 1.54) is 4.90 Å². The first-order chi connectivity index (χ1) is 8.22. The molecule has 2 amide bonds. The summed E-state index contributed by atoms with van der Waals surface area (Å²) in [6.45, 7) is 7.15. The normalized spacial score (nSPS) is 14.7. The van der Waals surface area contributed by atoms with Gasteiger partial charge in [-0.2, -0.15) is 0 Å². The minimum absolute atomic E-state index is 0.122. The van der Waals surface area contributed by atoms with E-state index >= 15 is 0 Å². The largest absolute Gasteiger partial charge is 0.392 e. The minimum atomic E-state index is -0.502. The van der Waals surface area contributed by atoms with Gasteiger partial charge in [0.05, 0.1) is 6.10 Å². The van der Waals surface area contributed by atoms with Gasteiger partial charge in [-0.1, -0.05) is 13.8 Å². The predicted octanol–water partition coefficient (Wildman–Crippen LogP) is 0.985. The monoisotopic (exact) mass is 259 g/mol. The van der Waals surface area contributed by atoms with Gasteiger partial charge in [0.1, 0.15) is 0 Å². The lowest BCUT2D eigenvalue weighted by atomic mass is 10.0. The van der Waals surface area contributed by atoms with Crippen LogP contribution in [0.2, 0.25) is 0 Å². The summed E-state index contributed by atoms with van der Waals surface area (Å²) in [5.41, 5.74) is 0. The number of aliphatic hydroxyl groups is 1. The summed E-state index contributed by atoms with van der Waals surface area (Å²) in [5.74, 6) is 0.539. The fourth-order valence-electron chi connectivity index (χ4n) is 1.95. The van der Waals surface area contributed by atoms with Gasteiger partial charge in [0.25, 0.3) is 0 Å². The third-order valence-electron chi connectivity index (χ3n) is 2.55. The van der Waals surface area contributed by atoms with Crippen molar-refractivity contribution in [3.05, 3.63) is 0 Å². The van der Waals surface area contributed by atoms with Crippen molar-refractivity contribution < 1.29 is 9.90 Å². The molecule has 0 saturated carbocycles. The molecule has 0 rings (SSSR count). The molecule has 0 fully saturated rings. The minimum Gasteiger partial charge on any atom is -0.392 e. The molecule has 0 aromatic rings. The van der Waals surface area contributed by atoms with Crippen molar-refractivity contribution >= 4 is 6.03 Å². The van der Waals surface area contributed by atoms with E-state index in [0.29, 0.717) is 12.5 Å². The summed E-state index contributed by atoms with van der Waals surface area (Å²) in [5, 5.41) is 12.3. The van der Waals surface area contributed by atoms with Crippen LogP contribution in [0.4, 0.5) is 4.79 Å². The quantitative estimate of drug-likeness (QED) is 0.717. The number of hydrogen-bond donors (Lipinski definition) is 2. The van der Waals surface area contributed by atoms with Crippen LogP contribution in [-0.2, 0) is 0 Å². The zero-order valence-electron chi connectivity index (χ0n) is 12.6. The Bertz CT molecular complexity index is 232. The average molecular weight is 259 g/mol. The van der Waals surface area contributed by atoms with Gasteiger partial charge in [-0.3, -0.25) is 0 Å². The summed E-state index contributed by atoms with van der Waals surface area (Å²) < 4.78 is 0. The first-order valence-electron chi connectivity index (χ1n) is 6.56. The number of rotatable bonds is 7.